The highest BCUT2D eigenvalue weighted by Crippen LogP contribution is 2.25. The predicted molar refractivity (Wildman–Crippen MR) is 66.0 cm³/mol. The van der Waals surface area contributed by atoms with Crippen molar-refractivity contribution in [2.24, 2.45) is 0 Å². The number of ether oxygens (including phenoxy) is 1. The van der Waals surface area contributed by atoms with Crippen LogP contribution in [0.1, 0.15) is 32.1 Å². The van der Waals surface area contributed by atoms with E-state index >= 15 is 0 Å². The minimum atomic E-state index is -0.0403. The molecule has 0 spiro atoms. The van der Waals surface area contributed by atoms with Crippen molar-refractivity contribution in [2.75, 3.05) is 0 Å². The number of benzene rings is 1. The summed E-state index contributed by atoms with van der Waals surface area (Å²) in [4.78, 5) is 0. The molecule has 1 aromatic carbocycles. The van der Waals surface area contributed by atoms with E-state index in [2.05, 4.69) is 25.9 Å². The maximum atomic E-state index is 5.56. The quantitative estimate of drug-likeness (QED) is 0.810. The van der Waals surface area contributed by atoms with Crippen LogP contribution in [0.15, 0.2) is 40.9 Å². The van der Waals surface area contributed by atoms with E-state index in [1.165, 1.54) is 0 Å². The number of rotatable bonds is 3. The molecule has 0 amide bonds. The van der Waals surface area contributed by atoms with E-state index in [4.69, 9.17) is 9.26 Å². The monoisotopic (exact) mass is 231 g/mol. The second-order valence-corrected chi connectivity index (χ2v) is 5.05. The third-order valence-corrected chi connectivity index (χ3v) is 2.46. The maximum absolute atomic E-state index is 5.56. The molecule has 0 radical (unpaired) electrons. The summed E-state index contributed by atoms with van der Waals surface area (Å²) in [6.45, 7) is 6.74. The molecule has 0 atom stereocenters. The summed E-state index contributed by atoms with van der Waals surface area (Å²) in [5.41, 5.74) is 1.08. The lowest BCUT2D eigenvalue weighted by molar-refractivity contribution is 0.259. The van der Waals surface area contributed by atoms with Gasteiger partial charge in [0.15, 0.2) is 0 Å². The molecule has 3 heteroatoms. The molecule has 1 heterocycles. The highest BCUT2D eigenvalue weighted by Gasteiger charge is 2.20. The second kappa shape index (κ2) is 4.62. The van der Waals surface area contributed by atoms with Crippen molar-refractivity contribution in [2.45, 2.75) is 32.8 Å². The molecule has 0 N–H and O–H groups in total. The summed E-state index contributed by atoms with van der Waals surface area (Å²) in [5.74, 6) is 1.37. The van der Waals surface area contributed by atoms with Crippen LogP contribution in [-0.2, 0) is 12.0 Å². The second-order valence-electron chi connectivity index (χ2n) is 5.05. The van der Waals surface area contributed by atoms with Crippen molar-refractivity contribution in [3.63, 3.8) is 0 Å². The standard InChI is InChI=1S/C14H17NO2/c1-14(2,3)12-9-13(15-17-12)16-10-11-7-5-4-6-8-11/h4-9H,10H2,1-3H3. The smallest absolute Gasteiger partial charge is 0.254 e. The van der Waals surface area contributed by atoms with Gasteiger partial charge in [-0.1, -0.05) is 51.1 Å². The minimum Gasteiger partial charge on any atom is -0.471 e. The Balaban J connectivity index is 1.99. The Morgan fingerprint density at radius 2 is 1.88 bits per heavy atom. The van der Waals surface area contributed by atoms with Crippen molar-refractivity contribution in [1.29, 1.82) is 0 Å². The van der Waals surface area contributed by atoms with Gasteiger partial charge >= 0.3 is 0 Å². The average molecular weight is 231 g/mol. The minimum absolute atomic E-state index is 0.0403. The van der Waals surface area contributed by atoms with Gasteiger partial charge in [0.05, 0.1) is 0 Å². The van der Waals surface area contributed by atoms with Crippen LogP contribution in [0, 0.1) is 0 Å². The lowest BCUT2D eigenvalue weighted by Crippen LogP contribution is -2.09. The van der Waals surface area contributed by atoms with Gasteiger partial charge < -0.3 is 9.26 Å². The van der Waals surface area contributed by atoms with Crippen LogP contribution < -0.4 is 4.74 Å². The van der Waals surface area contributed by atoms with Crippen molar-refractivity contribution < 1.29 is 9.26 Å². The Kier molecular flexibility index (Phi) is 3.18. The first kappa shape index (κ1) is 11.7. The van der Waals surface area contributed by atoms with Crippen LogP contribution in [0.5, 0.6) is 5.88 Å². The zero-order valence-corrected chi connectivity index (χ0v) is 10.4. The summed E-state index contributed by atoms with van der Waals surface area (Å²) in [7, 11) is 0. The zero-order valence-electron chi connectivity index (χ0n) is 10.4. The zero-order chi connectivity index (χ0) is 12.3. The molecular formula is C14H17NO2. The molecule has 0 aliphatic rings. The molecule has 0 aliphatic heterocycles. The van der Waals surface area contributed by atoms with Crippen molar-refractivity contribution in [1.82, 2.24) is 5.16 Å². The predicted octanol–water partition coefficient (Wildman–Crippen LogP) is 3.55. The van der Waals surface area contributed by atoms with Gasteiger partial charge in [0.2, 0.25) is 0 Å². The Morgan fingerprint density at radius 1 is 1.18 bits per heavy atom. The molecule has 0 saturated heterocycles. The van der Waals surface area contributed by atoms with E-state index in [1.54, 1.807) is 0 Å². The summed E-state index contributed by atoms with van der Waals surface area (Å²) in [5, 5.41) is 3.90. The summed E-state index contributed by atoms with van der Waals surface area (Å²) < 4.78 is 10.8. The van der Waals surface area contributed by atoms with Gasteiger partial charge in [-0.3, -0.25) is 0 Å². The Labute approximate surface area is 101 Å². The highest BCUT2D eigenvalue weighted by molar-refractivity contribution is 5.19. The van der Waals surface area contributed by atoms with E-state index in [-0.39, 0.29) is 5.41 Å². The maximum Gasteiger partial charge on any atom is 0.254 e. The lowest BCUT2D eigenvalue weighted by atomic mass is 9.94. The molecule has 0 saturated carbocycles. The molecule has 0 unspecified atom stereocenters. The van der Waals surface area contributed by atoms with Crippen molar-refractivity contribution in [3.8, 4) is 5.88 Å². The van der Waals surface area contributed by atoms with Gasteiger partial charge in [-0.15, -0.1) is 0 Å². The molecule has 2 aromatic rings. The number of aromatic nitrogens is 1. The fraction of sp³-hybridized carbons (Fsp3) is 0.357. The van der Waals surface area contributed by atoms with Gasteiger partial charge in [0.25, 0.3) is 5.88 Å². The molecule has 17 heavy (non-hydrogen) atoms. The van der Waals surface area contributed by atoms with Crippen molar-refractivity contribution in [3.05, 3.63) is 47.7 Å². The number of hydrogen-bond donors (Lipinski definition) is 0. The fourth-order valence-electron chi connectivity index (χ4n) is 1.41. The largest absolute Gasteiger partial charge is 0.471 e. The lowest BCUT2D eigenvalue weighted by Gasteiger charge is -2.11. The topological polar surface area (TPSA) is 35.3 Å². The van der Waals surface area contributed by atoms with Gasteiger partial charge in [-0.05, 0) is 10.7 Å². The van der Waals surface area contributed by atoms with E-state index in [0.717, 1.165) is 11.3 Å². The summed E-state index contributed by atoms with van der Waals surface area (Å²) in [6.07, 6.45) is 0. The van der Waals surface area contributed by atoms with Gasteiger partial charge in [0, 0.05) is 11.5 Å². The molecule has 3 nitrogen and oxygen atoms in total. The van der Waals surface area contributed by atoms with Gasteiger partial charge in [-0.2, -0.15) is 0 Å². The van der Waals surface area contributed by atoms with Crippen LogP contribution >= 0.6 is 0 Å². The third-order valence-electron chi connectivity index (χ3n) is 2.46. The van der Waals surface area contributed by atoms with Crippen LogP contribution in [-0.4, -0.2) is 5.16 Å². The first-order valence-corrected chi connectivity index (χ1v) is 5.69. The van der Waals surface area contributed by atoms with Crippen LogP contribution in [0.25, 0.3) is 0 Å². The first-order valence-electron chi connectivity index (χ1n) is 5.69. The Bertz CT molecular complexity index is 468. The van der Waals surface area contributed by atoms with Crippen LogP contribution in [0.2, 0.25) is 0 Å². The molecular weight excluding hydrogens is 214 g/mol. The number of nitrogens with zero attached hydrogens (tertiary/aromatic N) is 1. The van der Waals surface area contributed by atoms with Crippen LogP contribution in [0.4, 0.5) is 0 Å². The van der Waals surface area contributed by atoms with E-state index in [1.807, 2.05) is 36.4 Å². The highest BCUT2D eigenvalue weighted by atomic mass is 16.5. The first-order chi connectivity index (χ1) is 8.05. The molecule has 90 valence electrons. The van der Waals surface area contributed by atoms with Crippen molar-refractivity contribution >= 4 is 0 Å². The van der Waals surface area contributed by atoms with E-state index < -0.39 is 0 Å². The summed E-state index contributed by atoms with van der Waals surface area (Å²) >= 11 is 0. The fourth-order valence-corrected chi connectivity index (χ4v) is 1.41. The Hall–Kier alpha value is -1.77. The Morgan fingerprint density at radius 3 is 2.47 bits per heavy atom. The summed E-state index contributed by atoms with van der Waals surface area (Å²) in [6, 6.07) is 11.8. The molecule has 0 aliphatic carbocycles. The molecule has 1 aromatic heterocycles. The van der Waals surface area contributed by atoms with E-state index in [0.29, 0.717) is 12.5 Å². The normalized spacial score (nSPS) is 11.5. The average Bonchev–Trinajstić information content (AvgIpc) is 2.76. The molecule has 0 fully saturated rings. The molecule has 0 bridgehead atoms. The number of hydrogen-bond acceptors (Lipinski definition) is 3. The SMILES string of the molecule is CC(C)(C)c1cc(OCc2ccccc2)no1. The van der Waals surface area contributed by atoms with Gasteiger partial charge in [0.1, 0.15) is 12.4 Å². The van der Waals surface area contributed by atoms with Crippen LogP contribution in [0.3, 0.4) is 0 Å². The molecule has 2 rings (SSSR count). The third kappa shape index (κ3) is 3.09. The van der Waals surface area contributed by atoms with Gasteiger partial charge in [-0.25, -0.2) is 0 Å². The van der Waals surface area contributed by atoms with E-state index in [9.17, 15) is 0 Å².